The molecule has 1 aliphatic heterocycles. The second-order valence-electron chi connectivity index (χ2n) is 4.70. The van der Waals surface area contributed by atoms with Gasteiger partial charge in [0.15, 0.2) is 0 Å². The Bertz CT molecular complexity index is 586. The van der Waals surface area contributed by atoms with Crippen LogP contribution in [0.15, 0.2) is 28.7 Å². The van der Waals surface area contributed by atoms with Gasteiger partial charge < -0.3 is 9.15 Å². The summed E-state index contributed by atoms with van der Waals surface area (Å²) in [6.45, 7) is 4.67. The van der Waals surface area contributed by atoms with E-state index in [2.05, 4.69) is 6.07 Å². The quantitative estimate of drug-likeness (QED) is 0.759. The number of alkyl halides is 1. The Hall–Kier alpha value is -1.41. The Morgan fingerprint density at radius 1 is 1.22 bits per heavy atom. The molecule has 2 aromatic rings. The van der Waals surface area contributed by atoms with Gasteiger partial charge in [-0.2, -0.15) is 0 Å². The topological polar surface area (TPSA) is 22.4 Å². The molecule has 0 spiro atoms. The van der Waals surface area contributed by atoms with Gasteiger partial charge in [-0.25, -0.2) is 0 Å². The van der Waals surface area contributed by atoms with Crippen molar-refractivity contribution in [1.82, 2.24) is 0 Å². The molecule has 0 amide bonds. The minimum absolute atomic E-state index is 0.159. The van der Waals surface area contributed by atoms with Gasteiger partial charge in [-0.3, -0.25) is 0 Å². The van der Waals surface area contributed by atoms with E-state index >= 15 is 0 Å². The summed E-state index contributed by atoms with van der Waals surface area (Å²) in [7, 11) is 0. The van der Waals surface area contributed by atoms with Crippen molar-refractivity contribution < 1.29 is 9.15 Å². The summed E-state index contributed by atoms with van der Waals surface area (Å²) < 4.78 is 11.0. The van der Waals surface area contributed by atoms with Crippen molar-refractivity contribution in [3.8, 4) is 5.75 Å². The maximum absolute atomic E-state index is 6.55. The van der Waals surface area contributed by atoms with Crippen LogP contribution >= 0.6 is 11.6 Å². The summed E-state index contributed by atoms with van der Waals surface area (Å²) in [5, 5.41) is -0.159. The smallest absolute Gasteiger partial charge is 0.122 e. The third kappa shape index (κ3) is 1.91. The van der Waals surface area contributed by atoms with Crippen molar-refractivity contribution in [2.24, 2.45) is 0 Å². The molecule has 1 aliphatic rings. The fourth-order valence-electron chi connectivity index (χ4n) is 2.45. The maximum Gasteiger partial charge on any atom is 0.122 e. The van der Waals surface area contributed by atoms with Gasteiger partial charge >= 0.3 is 0 Å². The first-order chi connectivity index (χ1) is 8.65. The summed E-state index contributed by atoms with van der Waals surface area (Å²) in [5.41, 5.74) is 3.40. The monoisotopic (exact) mass is 262 g/mol. The average molecular weight is 263 g/mol. The SMILES string of the molecule is Cc1cc(C(Cl)c2ccc3c(c2)CCO3)c(C)o1. The molecule has 1 atom stereocenters. The van der Waals surface area contributed by atoms with Crippen LogP contribution in [-0.4, -0.2) is 6.61 Å². The van der Waals surface area contributed by atoms with Crippen LogP contribution in [0.25, 0.3) is 0 Å². The lowest BCUT2D eigenvalue weighted by Crippen LogP contribution is -1.94. The maximum atomic E-state index is 6.55. The summed E-state index contributed by atoms with van der Waals surface area (Å²) in [4.78, 5) is 0. The van der Waals surface area contributed by atoms with Crippen molar-refractivity contribution in [2.45, 2.75) is 25.6 Å². The number of benzene rings is 1. The number of hydrogen-bond acceptors (Lipinski definition) is 2. The van der Waals surface area contributed by atoms with Crippen LogP contribution in [0.3, 0.4) is 0 Å². The number of hydrogen-bond donors (Lipinski definition) is 0. The molecule has 3 heteroatoms. The van der Waals surface area contributed by atoms with Crippen LogP contribution < -0.4 is 4.74 Å². The Balaban J connectivity index is 1.97. The molecule has 2 nitrogen and oxygen atoms in total. The molecular formula is C15H15ClO2. The predicted octanol–water partition coefficient (Wildman–Crippen LogP) is 4.16. The van der Waals surface area contributed by atoms with Crippen molar-refractivity contribution in [1.29, 1.82) is 0 Å². The van der Waals surface area contributed by atoms with E-state index in [0.29, 0.717) is 0 Å². The Morgan fingerprint density at radius 3 is 2.78 bits per heavy atom. The van der Waals surface area contributed by atoms with Gasteiger partial charge in [0, 0.05) is 12.0 Å². The zero-order valence-electron chi connectivity index (χ0n) is 10.5. The van der Waals surface area contributed by atoms with Crippen molar-refractivity contribution in [3.05, 3.63) is 52.5 Å². The fraction of sp³-hybridized carbons (Fsp3) is 0.333. The highest BCUT2D eigenvalue weighted by Crippen LogP contribution is 2.36. The first-order valence-electron chi connectivity index (χ1n) is 6.12. The third-order valence-corrected chi connectivity index (χ3v) is 3.85. The van der Waals surface area contributed by atoms with Crippen molar-refractivity contribution in [3.63, 3.8) is 0 Å². The standard InChI is InChI=1S/C15H15ClO2/c1-9-7-13(10(2)18-9)15(16)12-3-4-14-11(8-12)5-6-17-14/h3-4,7-8,15H,5-6H2,1-2H3. The first kappa shape index (κ1) is 11.7. The van der Waals surface area contributed by atoms with E-state index < -0.39 is 0 Å². The third-order valence-electron chi connectivity index (χ3n) is 3.36. The molecule has 1 aromatic heterocycles. The van der Waals surface area contributed by atoms with E-state index in [1.165, 1.54) is 5.56 Å². The van der Waals surface area contributed by atoms with Crippen LogP contribution in [0.5, 0.6) is 5.75 Å². The van der Waals surface area contributed by atoms with Gasteiger partial charge in [-0.1, -0.05) is 12.1 Å². The second kappa shape index (κ2) is 4.36. The molecule has 3 rings (SSSR count). The molecule has 94 valence electrons. The van der Waals surface area contributed by atoms with Crippen LogP contribution in [0.1, 0.15) is 33.6 Å². The minimum atomic E-state index is -0.159. The van der Waals surface area contributed by atoms with E-state index in [1.54, 1.807) is 0 Å². The van der Waals surface area contributed by atoms with Gasteiger partial charge in [0.25, 0.3) is 0 Å². The number of ether oxygens (including phenoxy) is 1. The normalized spacial score (nSPS) is 15.3. The zero-order chi connectivity index (χ0) is 12.7. The molecule has 0 radical (unpaired) electrons. The number of furan rings is 1. The average Bonchev–Trinajstić information content (AvgIpc) is 2.93. The summed E-state index contributed by atoms with van der Waals surface area (Å²) in [6.07, 6.45) is 0.968. The minimum Gasteiger partial charge on any atom is -0.493 e. The number of halogens is 1. The fourth-order valence-corrected chi connectivity index (χ4v) is 2.80. The van der Waals surface area contributed by atoms with E-state index in [1.807, 2.05) is 32.0 Å². The van der Waals surface area contributed by atoms with Crippen molar-refractivity contribution in [2.75, 3.05) is 6.61 Å². The lowest BCUT2D eigenvalue weighted by molar-refractivity contribution is 0.357. The molecule has 0 saturated heterocycles. The Kier molecular flexibility index (Phi) is 2.83. The lowest BCUT2D eigenvalue weighted by Gasteiger charge is -2.10. The summed E-state index contributed by atoms with van der Waals surface area (Å²) in [5.74, 6) is 2.78. The molecule has 1 unspecified atom stereocenters. The van der Waals surface area contributed by atoms with Gasteiger partial charge in [0.2, 0.25) is 0 Å². The summed E-state index contributed by atoms with van der Waals surface area (Å²) in [6, 6.07) is 8.19. The zero-order valence-corrected chi connectivity index (χ0v) is 11.3. The van der Waals surface area contributed by atoms with E-state index in [9.17, 15) is 0 Å². The number of aryl methyl sites for hydroxylation is 2. The molecular weight excluding hydrogens is 248 g/mol. The lowest BCUT2D eigenvalue weighted by atomic mass is 10.0. The Morgan fingerprint density at radius 2 is 2.06 bits per heavy atom. The highest BCUT2D eigenvalue weighted by molar-refractivity contribution is 6.22. The molecule has 0 saturated carbocycles. The molecule has 0 N–H and O–H groups in total. The molecule has 18 heavy (non-hydrogen) atoms. The van der Waals surface area contributed by atoms with Crippen LogP contribution in [0, 0.1) is 13.8 Å². The van der Waals surface area contributed by atoms with E-state index in [4.69, 9.17) is 20.8 Å². The number of rotatable bonds is 2. The molecule has 0 bridgehead atoms. The van der Waals surface area contributed by atoms with Crippen LogP contribution in [0.2, 0.25) is 0 Å². The van der Waals surface area contributed by atoms with Crippen LogP contribution in [0.4, 0.5) is 0 Å². The predicted molar refractivity (Wildman–Crippen MR) is 71.5 cm³/mol. The highest BCUT2D eigenvalue weighted by Gasteiger charge is 2.19. The van der Waals surface area contributed by atoms with E-state index in [-0.39, 0.29) is 5.38 Å². The highest BCUT2D eigenvalue weighted by atomic mass is 35.5. The van der Waals surface area contributed by atoms with Gasteiger partial charge in [-0.15, -0.1) is 11.6 Å². The van der Waals surface area contributed by atoms with Gasteiger partial charge in [0.05, 0.1) is 12.0 Å². The molecule has 1 aromatic carbocycles. The molecule has 0 fully saturated rings. The van der Waals surface area contributed by atoms with Gasteiger partial charge in [-0.05, 0) is 37.1 Å². The van der Waals surface area contributed by atoms with E-state index in [0.717, 1.165) is 41.4 Å². The molecule has 2 heterocycles. The summed E-state index contributed by atoms with van der Waals surface area (Å²) >= 11 is 6.55. The van der Waals surface area contributed by atoms with Gasteiger partial charge in [0.1, 0.15) is 17.3 Å². The molecule has 0 aliphatic carbocycles. The van der Waals surface area contributed by atoms with Crippen molar-refractivity contribution >= 4 is 11.6 Å². The number of fused-ring (bicyclic) bond motifs is 1. The first-order valence-corrected chi connectivity index (χ1v) is 6.55. The largest absolute Gasteiger partial charge is 0.493 e. The Labute approximate surface area is 112 Å². The second-order valence-corrected chi connectivity index (χ2v) is 5.13. The van der Waals surface area contributed by atoms with Crippen LogP contribution in [-0.2, 0) is 6.42 Å².